The van der Waals surface area contributed by atoms with E-state index in [1.54, 1.807) is 18.9 Å². The van der Waals surface area contributed by atoms with Gasteiger partial charge in [-0.2, -0.15) is 0 Å². The molecular weight excluding hydrogens is 218 g/mol. The number of ether oxygens (including phenoxy) is 1. The van der Waals surface area contributed by atoms with E-state index < -0.39 is 0 Å². The van der Waals surface area contributed by atoms with Gasteiger partial charge in [0.1, 0.15) is 0 Å². The predicted octanol–water partition coefficient (Wildman–Crippen LogP) is 2.88. The second kappa shape index (κ2) is 6.94. The summed E-state index contributed by atoms with van der Waals surface area (Å²) in [6.07, 6.45) is 0. The maximum absolute atomic E-state index is 5.86. The summed E-state index contributed by atoms with van der Waals surface area (Å²) in [6.45, 7) is 5.03. The van der Waals surface area contributed by atoms with Crippen molar-refractivity contribution < 1.29 is 4.74 Å². The molecule has 2 nitrogen and oxygen atoms in total. The third-order valence-electron chi connectivity index (χ3n) is 2.39. The monoisotopic (exact) mass is 239 g/mol. The molecule has 0 fully saturated rings. The zero-order chi connectivity index (χ0) is 12.0. The molecule has 0 aliphatic heterocycles. The molecule has 1 aromatic carbocycles. The van der Waals surface area contributed by atoms with Crippen LogP contribution in [0.3, 0.4) is 0 Å². The molecule has 0 bridgehead atoms. The average Bonchev–Trinajstić information content (AvgIpc) is 2.27. The van der Waals surface area contributed by atoms with Gasteiger partial charge in [0.2, 0.25) is 0 Å². The summed E-state index contributed by atoms with van der Waals surface area (Å²) in [6, 6.07) is 8.82. The number of nitrogens with two attached hydrogens (primary N) is 1. The van der Waals surface area contributed by atoms with E-state index >= 15 is 0 Å². The minimum Gasteiger partial charge on any atom is -0.383 e. The van der Waals surface area contributed by atoms with Crippen molar-refractivity contribution in [3.8, 4) is 0 Å². The summed E-state index contributed by atoms with van der Waals surface area (Å²) < 4.78 is 5.00. The van der Waals surface area contributed by atoms with Crippen molar-refractivity contribution in [1.29, 1.82) is 0 Å². The fourth-order valence-electron chi connectivity index (χ4n) is 1.41. The van der Waals surface area contributed by atoms with Gasteiger partial charge in [0.25, 0.3) is 0 Å². The number of hydrogen-bond donors (Lipinski definition) is 1. The van der Waals surface area contributed by atoms with Crippen molar-refractivity contribution in [2.24, 2.45) is 5.73 Å². The first-order chi connectivity index (χ1) is 7.63. The van der Waals surface area contributed by atoms with Crippen LogP contribution in [0.5, 0.6) is 0 Å². The van der Waals surface area contributed by atoms with E-state index in [0.717, 1.165) is 5.75 Å². The zero-order valence-electron chi connectivity index (χ0n) is 10.3. The minimum atomic E-state index is 0.111. The number of benzene rings is 1. The fraction of sp³-hybridized carbons (Fsp3) is 0.538. The van der Waals surface area contributed by atoms with E-state index in [1.165, 1.54) is 10.5 Å². The van der Waals surface area contributed by atoms with E-state index in [2.05, 4.69) is 38.1 Å². The van der Waals surface area contributed by atoms with Gasteiger partial charge in [0.05, 0.1) is 6.61 Å². The van der Waals surface area contributed by atoms with Crippen LogP contribution in [0.1, 0.15) is 25.3 Å². The van der Waals surface area contributed by atoms with E-state index in [-0.39, 0.29) is 6.04 Å². The van der Waals surface area contributed by atoms with Gasteiger partial charge in [-0.25, -0.2) is 0 Å². The minimum absolute atomic E-state index is 0.111. The Labute approximate surface area is 103 Å². The maximum Gasteiger partial charge on any atom is 0.0621 e. The molecule has 90 valence electrons. The van der Waals surface area contributed by atoms with Crippen LogP contribution in [0, 0.1) is 0 Å². The second-order valence-corrected chi connectivity index (χ2v) is 5.34. The Hall–Kier alpha value is -0.510. The van der Waals surface area contributed by atoms with Crippen molar-refractivity contribution in [1.82, 2.24) is 0 Å². The highest BCUT2D eigenvalue weighted by Crippen LogP contribution is 2.22. The molecule has 16 heavy (non-hydrogen) atoms. The van der Waals surface area contributed by atoms with Gasteiger partial charge in [-0.3, -0.25) is 0 Å². The number of methoxy groups -OCH3 is 1. The molecule has 1 rings (SSSR count). The van der Waals surface area contributed by atoms with Crippen LogP contribution in [-0.2, 0) is 4.74 Å². The molecule has 0 heterocycles. The first kappa shape index (κ1) is 13.6. The number of hydrogen-bond acceptors (Lipinski definition) is 3. The van der Waals surface area contributed by atoms with Crippen LogP contribution in [0.2, 0.25) is 0 Å². The predicted molar refractivity (Wildman–Crippen MR) is 71.1 cm³/mol. The molecule has 0 aromatic heterocycles. The first-order valence-corrected chi connectivity index (χ1v) is 6.59. The summed E-state index contributed by atoms with van der Waals surface area (Å²) in [7, 11) is 1.68. The quantitative estimate of drug-likeness (QED) is 0.775. The lowest BCUT2D eigenvalue weighted by atomic mass is 10.0. The highest BCUT2D eigenvalue weighted by molar-refractivity contribution is 7.99. The second-order valence-electron chi connectivity index (χ2n) is 4.25. The smallest absolute Gasteiger partial charge is 0.0621 e. The Morgan fingerprint density at radius 3 is 2.38 bits per heavy atom. The molecule has 0 radical (unpaired) electrons. The molecule has 1 unspecified atom stereocenters. The van der Waals surface area contributed by atoms with Crippen molar-refractivity contribution in [3.05, 3.63) is 29.8 Å². The Balaban J connectivity index is 2.43. The van der Waals surface area contributed by atoms with Gasteiger partial charge in [0, 0.05) is 23.8 Å². The first-order valence-electron chi connectivity index (χ1n) is 5.60. The molecular formula is C13H21NOS. The number of thioether (sulfide) groups is 1. The molecule has 3 heteroatoms. The lowest BCUT2D eigenvalue weighted by Crippen LogP contribution is -2.28. The molecule has 0 saturated carbocycles. The molecule has 2 N–H and O–H groups in total. The van der Waals surface area contributed by atoms with E-state index in [9.17, 15) is 0 Å². The maximum atomic E-state index is 5.86. The van der Waals surface area contributed by atoms with Crippen molar-refractivity contribution in [2.45, 2.75) is 30.7 Å². The van der Waals surface area contributed by atoms with Gasteiger partial charge in [-0.05, 0) is 23.6 Å². The SMILES string of the molecule is COCC(N)CSc1ccc(C(C)C)cc1. The Morgan fingerprint density at radius 1 is 1.25 bits per heavy atom. The Kier molecular flexibility index (Phi) is 5.88. The van der Waals surface area contributed by atoms with Crippen LogP contribution < -0.4 is 5.73 Å². The largest absolute Gasteiger partial charge is 0.383 e. The van der Waals surface area contributed by atoms with Crippen LogP contribution in [-0.4, -0.2) is 25.5 Å². The van der Waals surface area contributed by atoms with Gasteiger partial charge < -0.3 is 10.5 Å². The summed E-state index contributed by atoms with van der Waals surface area (Å²) in [5, 5.41) is 0. The molecule has 1 aromatic rings. The lowest BCUT2D eigenvalue weighted by Gasteiger charge is -2.10. The van der Waals surface area contributed by atoms with Gasteiger partial charge in [-0.15, -0.1) is 11.8 Å². The van der Waals surface area contributed by atoms with Crippen molar-refractivity contribution in [2.75, 3.05) is 19.5 Å². The summed E-state index contributed by atoms with van der Waals surface area (Å²) in [4.78, 5) is 1.27. The molecule has 0 amide bonds. The standard InChI is InChI=1S/C13H21NOS/c1-10(2)11-4-6-13(7-5-11)16-9-12(14)8-15-3/h4-7,10,12H,8-9,14H2,1-3H3. The normalized spacial score (nSPS) is 13.1. The van der Waals surface area contributed by atoms with E-state index in [4.69, 9.17) is 10.5 Å². The highest BCUT2D eigenvalue weighted by Gasteiger charge is 2.03. The lowest BCUT2D eigenvalue weighted by molar-refractivity contribution is 0.186. The van der Waals surface area contributed by atoms with Gasteiger partial charge >= 0.3 is 0 Å². The van der Waals surface area contributed by atoms with Gasteiger partial charge in [0.15, 0.2) is 0 Å². The summed E-state index contributed by atoms with van der Waals surface area (Å²) >= 11 is 1.78. The van der Waals surface area contributed by atoms with Crippen LogP contribution in [0.4, 0.5) is 0 Å². The molecule has 0 saturated heterocycles. The van der Waals surface area contributed by atoms with Crippen LogP contribution in [0.25, 0.3) is 0 Å². The van der Waals surface area contributed by atoms with Crippen LogP contribution >= 0.6 is 11.8 Å². The van der Waals surface area contributed by atoms with Crippen molar-refractivity contribution in [3.63, 3.8) is 0 Å². The van der Waals surface area contributed by atoms with E-state index in [0.29, 0.717) is 12.5 Å². The topological polar surface area (TPSA) is 35.2 Å². The average molecular weight is 239 g/mol. The van der Waals surface area contributed by atoms with Crippen molar-refractivity contribution >= 4 is 11.8 Å². The zero-order valence-corrected chi connectivity index (χ0v) is 11.1. The fourth-order valence-corrected chi connectivity index (χ4v) is 2.25. The van der Waals surface area contributed by atoms with Gasteiger partial charge in [-0.1, -0.05) is 26.0 Å². The Bertz CT molecular complexity index is 297. The molecule has 1 atom stereocenters. The summed E-state index contributed by atoms with van der Waals surface area (Å²) in [5.74, 6) is 1.49. The molecule has 0 aliphatic rings. The third kappa shape index (κ3) is 4.56. The summed E-state index contributed by atoms with van der Waals surface area (Å²) in [5.41, 5.74) is 7.24. The molecule has 0 aliphatic carbocycles. The molecule has 0 spiro atoms. The highest BCUT2D eigenvalue weighted by atomic mass is 32.2. The third-order valence-corrected chi connectivity index (χ3v) is 3.59. The number of rotatable bonds is 6. The Morgan fingerprint density at radius 2 is 1.88 bits per heavy atom. The van der Waals surface area contributed by atoms with E-state index in [1.807, 2.05) is 0 Å². The van der Waals surface area contributed by atoms with Crippen LogP contribution in [0.15, 0.2) is 29.2 Å².